The van der Waals surface area contributed by atoms with E-state index < -0.39 is 11.4 Å². The van der Waals surface area contributed by atoms with Gasteiger partial charge in [0.05, 0.1) is 16.5 Å². The number of aliphatic carboxylic acids is 1. The fraction of sp³-hybridized carbons (Fsp3) is 0.476. The van der Waals surface area contributed by atoms with Crippen molar-refractivity contribution in [3.8, 4) is 0 Å². The number of hydrogen-bond donors (Lipinski definition) is 2. The van der Waals surface area contributed by atoms with Crippen LogP contribution in [-0.2, 0) is 4.79 Å². The number of aromatic nitrogens is 1. The second-order valence-electron chi connectivity index (χ2n) is 8.22. The van der Waals surface area contributed by atoms with E-state index in [-0.39, 0.29) is 17.9 Å². The first-order chi connectivity index (χ1) is 13.1. The van der Waals surface area contributed by atoms with Crippen molar-refractivity contribution < 1.29 is 14.7 Å². The number of fused-ring (bicyclic) bond motifs is 2. The van der Waals surface area contributed by atoms with Crippen LogP contribution >= 0.6 is 0 Å². The summed E-state index contributed by atoms with van der Waals surface area (Å²) < 4.78 is 0. The summed E-state index contributed by atoms with van der Waals surface area (Å²) in [5.74, 6) is 0.112. The third kappa shape index (κ3) is 2.66. The number of carbonyl (C=O) groups is 2. The summed E-state index contributed by atoms with van der Waals surface area (Å²) in [5.41, 5.74) is 0.741. The van der Waals surface area contributed by atoms with Gasteiger partial charge in [-0.2, -0.15) is 0 Å². The summed E-state index contributed by atoms with van der Waals surface area (Å²) in [6.45, 7) is 1.17. The molecular weight excluding hydrogens is 342 g/mol. The smallest absolute Gasteiger partial charge is 0.311 e. The molecule has 2 atom stereocenters. The first-order valence-corrected chi connectivity index (χ1v) is 9.76. The highest BCUT2D eigenvalue weighted by Crippen LogP contribution is 2.49. The molecule has 2 aliphatic carbocycles. The molecule has 0 unspecified atom stereocenters. The monoisotopic (exact) mass is 365 g/mol. The molecule has 140 valence electrons. The zero-order valence-corrected chi connectivity index (χ0v) is 15.1. The molecule has 2 saturated carbocycles. The van der Waals surface area contributed by atoms with Crippen LogP contribution in [-0.4, -0.2) is 41.1 Å². The van der Waals surface area contributed by atoms with Gasteiger partial charge >= 0.3 is 5.97 Å². The lowest BCUT2D eigenvalue weighted by Gasteiger charge is -2.24. The Bertz CT molecular complexity index is 939. The molecule has 2 heterocycles. The van der Waals surface area contributed by atoms with Crippen LogP contribution in [0.2, 0.25) is 0 Å². The molecule has 1 amide bonds. The molecule has 1 aromatic heterocycles. The van der Waals surface area contributed by atoms with E-state index in [1.165, 1.54) is 0 Å². The van der Waals surface area contributed by atoms with Gasteiger partial charge in [-0.05, 0) is 43.7 Å². The molecule has 27 heavy (non-hydrogen) atoms. The average Bonchev–Trinajstić information content (AvgIpc) is 3.24. The number of nitrogens with one attached hydrogen (secondary N) is 1. The van der Waals surface area contributed by atoms with Crippen LogP contribution in [0.15, 0.2) is 30.3 Å². The topological polar surface area (TPSA) is 82.5 Å². The van der Waals surface area contributed by atoms with Crippen molar-refractivity contribution >= 4 is 28.6 Å². The molecular formula is C21H23N3O3. The molecule has 3 fully saturated rings. The second-order valence-corrected chi connectivity index (χ2v) is 8.22. The number of benzene rings is 1. The van der Waals surface area contributed by atoms with Crippen LogP contribution in [0.3, 0.4) is 0 Å². The third-order valence-corrected chi connectivity index (χ3v) is 6.48. The van der Waals surface area contributed by atoms with E-state index in [1.54, 1.807) is 0 Å². The molecule has 5 rings (SSSR count). The van der Waals surface area contributed by atoms with Gasteiger partial charge in [-0.25, -0.2) is 4.98 Å². The Hall–Kier alpha value is -2.63. The Morgan fingerprint density at radius 3 is 2.78 bits per heavy atom. The maximum absolute atomic E-state index is 12.8. The van der Waals surface area contributed by atoms with Crippen molar-refractivity contribution in [2.75, 3.05) is 18.0 Å². The number of nitrogens with zero attached hydrogens (tertiary/aromatic N) is 2. The first kappa shape index (κ1) is 16.5. The number of para-hydroxylation sites is 1. The van der Waals surface area contributed by atoms with Crippen molar-refractivity contribution in [3.05, 3.63) is 35.9 Å². The highest BCUT2D eigenvalue weighted by Gasteiger charge is 2.55. The summed E-state index contributed by atoms with van der Waals surface area (Å²) >= 11 is 0. The molecule has 1 saturated heterocycles. The molecule has 6 heteroatoms. The molecule has 0 radical (unpaired) electrons. The molecule has 3 aliphatic rings. The predicted octanol–water partition coefficient (Wildman–Crippen LogP) is 2.82. The van der Waals surface area contributed by atoms with Gasteiger partial charge in [-0.3, -0.25) is 9.59 Å². The van der Waals surface area contributed by atoms with E-state index in [9.17, 15) is 14.7 Å². The molecule has 6 nitrogen and oxygen atoms in total. The maximum atomic E-state index is 12.8. The highest BCUT2D eigenvalue weighted by molar-refractivity contribution is 6.07. The van der Waals surface area contributed by atoms with E-state index in [2.05, 4.69) is 10.2 Å². The average molecular weight is 365 g/mol. The van der Waals surface area contributed by atoms with Crippen molar-refractivity contribution in [2.24, 2.45) is 11.3 Å². The normalized spacial score (nSPS) is 27.0. The summed E-state index contributed by atoms with van der Waals surface area (Å²) in [5, 5.41) is 13.8. The second kappa shape index (κ2) is 5.94. The number of carboxylic acid groups (broad SMARTS) is 1. The van der Waals surface area contributed by atoms with E-state index in [1.807, 2.05) is 30.3 Å². The number of carbonyl (C=O) groups excluding carboxylic acids is 1. The summed E-state index contributed by atoms with van der Waals surface area (Å²) in [7, 11) is 0. The van der Waals surface area contributed by atoms with Gasteiger partial charge in [0.25, 0.3) is 5.91 Å². The summed E-state index contributed by atoms with van der Waals surface area (Å²) in [6, 6.07) is 9.80. The number of amides is 1. The minimum absolute atomic E-state index is 0.0651. The summed E-state index contributed by atoms with van der Waals surface area (Å²) in [4.78, 5) is 31.6. The van der Waals surface area contributed by atoms with E-state index in [0.29, 0.717) is 24.5 Å². The standard InChI is InChI=1S/C21H23N3O3/c25-19(22-14-7-8-14)16-10-18(23-17-6-2-1-5-15(16)17)24-11-13-4-3-9-21(13,12-24)20(26)27/h1-2,5-6,10,13-14H,3-4,7-9,11-12H2,(H,22,25)(H,26,27)/t13-,21+/m0/s1. The minimum Gasteiger partial charge on any atom is -0.481 e. The SMILES string of the molecule is O=C(NC1CC1)c1cc(N2C[C@@H]3CCC[C@@]3(C(=O)O)C2)nc2ccccc12. The molecule has 0 bridgehead atoms. The highest BCUT2D eigenvalue weighted by atomic mass is 16.4. The van der Waals surface area contributed by atoms with Gasteiger partial charge in [0.15, 0.2) is 0 Å². The predicted molar refractivity (Wildman–Crippen MR) is 102 cm³/mol. The first-order valence-electron chi connectivity index (χ1n) is 9.76. The zero-order chi connectivity index (χ0) is 18.6. The molecule has 1 aliphatic heterocycles. The minimum atomic E-state index is -0.694. The lowest BCUT2D eigenvalue weighted by Crippen LogP contribution is -2.36. The van der Waals surface area contributed by atoms with Gasteiger partial charge < -0.3 is 15.3 Å². The summed E-state index contributed by atoms with van der Waals surface area (Å²) in [6.07, 6.45) is 4.73. The lowest BCUT2D eigenvalue weighted by atomic mass is 9.81. The molecule has 0 spiro atoms. The van der Waals surface area contributed by atoms with Crippen LogP contribution in [0.1, 0.15) is 42.5 Å². The fourth-order valence-corrected chi connectivity index (χ4v) is 4.82. The molecule has 2 aromatic rings. The molecule has 1 aromatic carbocycles. The third-order valence-electron chi connectivity index (χ3n) is 6.48. The van der Waals surface area contributed by atoms with Crippen LogP contribution in [0.25, 0.3) is 10.9 Å². The van der Waals surface area contributed by atoms with Crippen molar-refractivity contribution in [1.29, 1.82) is 0 Å². The zero-order valence-electron chi connectivity index (χ0n) is 15.1. The lowest BCUT2D eigenvalue weighted by molar-refractivity contribution is -0.149. The van der Waals surface area contributed by atoms with Gasteiger partial charge in [-0.15, -0.1) is 0 Å². The van der Waals surface area contributed by atoms with E-state index in [4.69, 9.17) is 4.98 Å². The fourth-order valence-electron chi connectivity index (χ4n) is 4.82. The van der Waals surface area contributed by atoms with Crippen LogP contribution in [0, 0.1) is 11.3 Å². The Labute approximate surface area is 157 Å². The maximum Gasteiger partial charge on any atom is 0.311 e. The van der Waals surface area contributed by atoms with Crippen LogP contribution < -0.4 is 10.2 Å². The largest absolute Gasteiger partial charge is 0.481 e. The number of pyridine rings is 1. The Morgan fingerprint density at radius 1 is 1.22 bits per heavy atom. The van der Waals surface area contributed by atoms with E-state index >= 15 is 0 Å². The van der Waals surface area contributed by atoms with Gasteiger partial charge in [0.1, 0.15) is 5.82 Å². The number of hydrogen-bond acceptors (Lipinski definition) is 4. The number of anilines is 1. The van der Waals surface area contributed by atoms with E-state index in [0.717, 1.165) is 43.0 Å². The van der Waals surface area contributed by atoms with Crippen LogP contribution in [0.5, 0.6) is 0 Å². The Morgan fingerprint density at radius 2 is 2.04 bits per heavy atom. The van der Waals surface area contributed by atoms with Crippen molar-refractivity contribution in [3.63, 3.8) is 0 Å². The Balaban J connectivity index is 1.54. The van der Waals surface area contributed by atoms with Gasteiger partial charge in [0.2, 0.25) is 0 Å². The number of carboxylic acids is 1. The Kier molecular flexibility index (Phi) is 3.64. The molecule has 2 N–H and O–H groups in total. The van der Waals surface area contributed by atoms with Gasteiger partial charge in [-0.1, -0.05) is 24.6 Å². The van der Waals surface area contributed by atoms with Crippen molar-refractivity contribution in [2.45, 2.75) is 38.1 Å². The quantitative estimate of drug-likeness (QED) is 0.871. The van der Waals surface area contributed by atoms with Crippen LogP contribution in [0.4, 0.5) is 5.82 Å². The number of rotatable bonds is 4. The van der Waals surface area contributed by atoms with Gasteiger partial charge in [0, 0.05) is 24.5 Å². The van der Waals surface area contributed by atoms with Crippen molar-refractivity contribution in [1.82, 2.24) is 10.3 Å².